The van der Waals surface area contributed by atoms with Crippen LogP contribution >= 0.6 is 11.6 Å². The number of rotatable bonds is 4. The van der Waals surface area contributed by atoms with E-state index >= 15 is 0 Å². The molecule has 0 unspecified atom stereocenters. The molecule has 7 heteroatoms. The molecule has 0 amide bonds. The molecule has 0 radical (unpaired) electrons. The van der Waals surface area contributed by atoms with Gasteiger partial charge in [0.05, 0.1) is 23.6 Å². The lowest BCUT2D eigenvalue weighted by Gasteiger charge is -2.08. The first-order chi connectivity index (χ1) is 7.44. The van der Waals surface area contributed by atoms with Crippen LogP contribution in [0.5, 0.6) is 5.75 Å². The lowest BCUT2D eigenvalue weighted by atomic mass is 10.4. The van der Waals surface area contributed by atoms with Crippen molar-refractivity contribution >= 4 is 27.4 Å². The predicted octanol–water partition coefficient (Wildman–Crippen LogP) is 1.65. The second kappa shape index (κ2) is 4.10. The highest BCUT2D eigenvalue weighted by atomic mass is 35.5. The Kier molecular flexibility index (Phi) is 2.94. The number of halogens is 1. The van der Waals surface area contributed by atoms with Gasteiger partial charge in [-0.25, -0.2) is 13.4 Å². The van der Waals surface area contributed by atoms with Crippen molar-refractivity contribution in [2.75, 3.05) is 11.0 Å². The normalized spacial score (nSPS) is 15.9. The fourth-order valence-electron chi connectivity index (χ4n) is 1.11. The minimum absolute atomic E-state index is 0.118. The van der Waals surface area contributed by atoms with E-state index in [1.807, 2.05) is 0 Å². The van der Waals surface area contributed by atoms with Crippen molar-refractivity contribution in [3.63, 3.8) is 0 Å². The Labute approximate surface area is 98.8 Å². The Morgan fingerprint density at radius 3 is 2.75 bits per heavy atom. The molecule has 0 aliphatic heterocycles. The maximum atomic E-state index is 11.0. The van der Waals surface area contributed by atoms with Crippen LogP contribution in [0.15, 0.2) is 12.3 Å². The summed E-state index contributed by atoms with van der Waals surface area (Å²) in [5.74, 6) is 0.680. The monoisotopic (exact) mass is 262 g/mol. The van der Waals surface area contributed by atoms with Gasteiger partial charge >= 0.3 is 0 Å². The van der Waals surface area contributed by atoms with Crippen LogP contribution in [-0.4, -0.2) is 25.8 Å². The zero-order valence-corrected chi connectivity index (χ0v) is 10.2. The maximum absolute atomic E-state index is 11.0. The van der Waals surface area contributed by atoms with Crippen molar-refractivity contribution in [1.29, 1.82) is 0 Å². The Morgan fingerprint density at radius 2 is 2.25 bits per heavy atom. The van der Waals surface area contributed by atoms with E-state index in [-0.39, 0.29) is 16.9 Å². The second-order valence-corrected chi connectivity index (χ2v) is 5.85. The van der Waals surface area contributed by atoms with E-state index in [4.69, 9.17) is 16.3 Å². The number of sulfonamides is 1. The van der Waals surface area contributed by atoms with Crippen LogP contribution in [0.2, 0.25) is 5.02 Å². The third-order valence-electron chi connectivity index (χ3n) is 1.93. The first-order valence-electron chi connectivity index (χ1n) is 4.74. The van der Waals surface area contributed by atoms with Crippen LogP contribution in [-0.2, 0) is 10.0 Å². The van der Waals surface area contributed by atoms with Gasteiger partial charge in [0.25, 0.3) is 0 Å². The fraction of sp³-hybridized carbons (Fsp3) is 0.444. The van der Waals surface area contributed by atoms with E-state index in [0.29, 0.717) is 5.75 Å². The zero-order valence-electron chi connectivity index (χ0n) is 8.60. The van der Waals surface area contributed by atoms with Gasteiger partial charge in [-0.3, -0.25) is 4.72 Å². The number of anilines is 1. The number of nitrogens with zero attached hydrogens (tertiary/aromatic N) is 1. The molecule has 88 valence electrons. The lowest BCUT2D eigenvalue weighted by molar-refractivity contribution is 0.302. The predicted molar refractivity (Wildman–Crippen MR) is 61.4 cm³/mol. The molecule has 2 rings (SSSR count). The first kappa shape index (κ1) is 11.5. The molecular formula is C9H11ClN2O3S. The molecule has 1 saturated carbocycles. The summed E-state index contributed by atoms with van der Waals surface area (Å²) >= 11 is 5.87. The summed E-state index contributed by atoms with van der Waals surface area (Å²) in [6.07, 6.45) is 4.84. The van der Waals surface area contributed by atoms with Crippen LogP contribution in [0.25, 0.3) is 0 Å². The van der Waals surface area contributed by atoms with Gasteiger partial charge in [-0.1, -0.05) is 11.6 Å². The molecule has 1 aromatic heterocycles. The van der Waals surface area contributed by atoms with Crippen molar-refractivity contribution in [2.45, 2.75) is 18.9 Å². The van der Waals surface area contributed by atoms with Crippen LogP contribution in [0.4, 0.5) is 5.82 Å². The number of hydrogen-bond donors (Lipinski definition) is 1. The SMILES string of the molecule is CS(=O)(=O)Nc1ncc(OC2CC2)cc1Cl. The Balaban J connectivity index is 2.15. The van der Waals surface area contributed by atoms with Crippen LogP contribution in [0.1, 0.15) is 12.8 Å². The lowest BCUT2D eigenvalue weighted by Crippen LogP contribution is -2.11. The van der Waals surface area contributed by atoms with Gasteiger partial charge in [0.2, 0.25) is 10.0 Å². The molecule has 1 N–H and O–H groups in total. The largest absolute Gasteiger partial charge is 0.489 e. The van der Waals surface area contributed by atoms with Crippen LogP contribution in [0.3, 0.4) is 0 Å². The van der Waals surface area contributed by atoms with E-state index in [1.165, 1.54) is 6.20 Å². The molecule has 0 atom stereocenters. The molecule has 0 spiro atoms. The van der Waals surface area contributed by atoms with E-state index in [1.54, 1.807) is 6.07 Å². The average Bonchev–Trinajstić information content (AvgIpc) is 2.92. The molecule has 1 aliphatic carbocycles. The molecule has 1 aliphatic rings. The second-order valence-electron chi connectivity index (χ2n) is 3.69. The minimum Gasteiger partial charge on any atom is -0.489 e. The maximum Gasteiger partial charge on any atom is 0.231 e. The standard InChI is InChI=1S/C9H11ClN2O3S/c1-16(13,14)12-9-8(10)4-7(5-11-9)15-6-2-3-6/h4-6H,2-3H2,1H3,(H,11,12). The van der Waals surface area contributed by atoms with E-state index in [2.05, 4.69) is 9.71 Å². The highest BCUT2D eigenvalue weighted by Crippen LogP contribution is 2.30. The smallest absolute Gasteiger partial charge is 0.231 e. The zero-order chi connectivity index (χ0) is 11.8. The summed E-state index contributed by atoms with van der Waals surface area (Å²) in [4.78, 5) is 3.90. The Bertz CT molecular complexity index is 499. The minimum atomic E-state index is -3.36. The van der Waals surface area contributed by atoms with E-state index < -0.39 is 10.0 Å². The molecule has 0 saturated heterocycles. The molecule has 1 aromatic rings. The van der Waals surface area contributed by atoms with Crippen molar-refractivity contribution < 1.29 is 13.2 Å². The highest BCUT2D eigenvalue weighted by Gasteiger charge is 2.24. The molecule has 0 bridgehead atoms. The number of hydrogen-bond acceptors (Lipinski definition) is 4. The molecule has 0 aromatic carbocycles. The van der Waals surface area contributed by atoms with Gasteiger partial charge in [-0.2, -0.15) is 0 Å². The van der Waals surface area contributed by atoms with Crippen molar-refractivity contribution in [1.82, 2.24) is 4.98 Å². The Morgan fingerprint density at radius 1 is 1.56 bits per heavy atom. The number of aromatic nitrogens is 1. The van der Waals surface area contributed by atoms with E-state index in [9.17, 15) is 8.42 Å². The topological polar surface area (TPSA) is 68.3 Å². The first-order valence-corrected chi connectivity index (χ1v) is 7.01. The van der Waals surface area contributed by atoms with Gasteiger partial charge in [-0.05, 0) is 12.8 Å². The summed E-state index contributed by atoms with van der Waals surface area (Å²) in [6, 6.07) is 1.56. The number of nitrogens with one attached hydrogen (secondary N) is 1. The summed E-state index contributed by atoms with van der Waals surface area (Å²) in [5, 5.41) is 0.226. The summed E-state index contributed by atoms with van der Waals surface area (Å²) in [5.41, 5.74) is 0. The van der Waals surface area contributed by atoms with E-state index in [0.717, 1.165) is 19.1 Å². The molecule has 5 nitrogen and oxygen atoms in total. The fourth-order valence-corrected chi connectivity index (χ4v) is 1.89. The van der Waals surface area contributed by atoms with Crippen molar-refractivity contribution in [3.8, 4) is 5.75 Å². The summed E-state index contributed by atoms with van der Waals surface area (Å²) in [7, 11) is -3.36. The van der Waals surface area contributed by atoms with Crippen LogP contribution < -0.4 is 9.46 Å². The summed E-state index contributed by atoms with van der Waals surface area (Å²) in [6.45, 7) is 0. The van der Waals surface area contributed by atoms with Gasteiger partial charge in [0, 0.05) is 6.07 Å². The van der Waals surface area contributed by atoms with Crippen molar-refractivity contribution in [3.05, 3.63) is 17.3 Å². The quantitative estimate of drug-likeness (QED) is 0.896. The molecule has 1 fully saturated rings. The van der Waals surface area contributed by atoms with Gasteiger partial charge < -0.3 is 4.74 Å². The van der Waals surface area contributed by atoms with Gasteiger partial charge in [0.1, 0.15) is 5.75 Å². The summed E-state index contributed by atoms with van der Waals surface area (Å²) < 4.78 is 29.7. The van der Waals surface area contributed by atoms with Gasteiger partial charge in [-0.15, -0.1) is 0 Å². The van der Waals surface area contributed by atoms with Crippen LogP contribution in [0, 0.1) is 0 Å². The Hall–Kier alpha value is -1.01. The average molecular weight is 263 g/mol. The number of pyridine rings is 1. The molecule has 16 heavy (non-hydrogen) atoms. The highest BCUT2D eigenvalue weighted by molar-refractivity contribution is 7.92. The third kappa shape index (κ3) is 3.24. The number of ether oxygens (including phenoxy) is 1. The molecular weight excluding hydrogens is 252 g/mol. The molecule has 1 heterocycles. The van der Waals surface area contributed by atoms with Crippen molar-refractivity contribution in [2.24, 2.45) is 0 Å². The van der Waals surface area contributed by atoms with Gasteiger partial charge in [0.15, 0.2) is 5.82 Å². The third-order valence-corrected chi connectivity index (χ3v) is 2.78.